The van der Waals surface area contributed by atoms with Gasteiger partial charge in [-0.3, -0.25) is 0 Å². The Morgan fingerprint density at radius 2 is 0.731 bits per heavy atom. The fraction of sp³-hybridized carbons (Fsp3) is 0.488. The van der Waals surface area contributed by atoms with Gasteiger partial charge in [0.2, 0.25) is 0 Å². The molecule has 6 aromatic rings. The fourth-order valence-corrected chi connectivity index (χ4v) is 10.7. The minimum absolute atomic E-state index is 0.299. The second-order valence-electron chi connectivity index (χ2n) is 23.8. The number of halogens is 2. The van der Waals surface area contributed by atoms with Crippen LogP contribution in [-0.4, -0.2) is 55.3 Å². The molecule has 2 unspecified atom stereocenters. The molecule has 0 aliphatic heterocycles. The highest BCUT2D eigenvalue weighted by Crippen LogP contribution is 2.35. The molecule has 2 aliphatic rings. The van der Waals surface area contributed by atoms with Gasteiger partial charge in [0.1, 0.15) is 34.5 Å². The number of rotatable bonds is 37. The van der Waals surface area contributed by atoms with Crippen LogP contribution < -0.4 is 24.4 Å². The summed E-state index contributed by atoms with van der Waals surface area (Å²) in [7, 11) is -1.40. The summed E-state index contributed by atoms with van der Waals surface area (Å²) in [6.45, 7) is 21.3. The maximum atomic E-state index is 8.88. The lowest BCUT2D eigenvalue weighted by molar-refractivity contribution is 0.212. The number of fused-ring (bicyclic) bond motifs is 2. The standard InChI is InChI=1S/C31H44O2.C21H30O.C11H17BO3.C11H15BrO.C6H5BrO.C2H6/c1-3-5-7-8-9-10-11-13-23-33-31-21-18-28-24-27(14-15-29(28)25-31)26-16-19-30(20-17-26)32-22-12-6-4-2;1-3-4-5-6-7-8-9-10-15-22-21-14-13-19-16-18(2)11-12-20(19)17-21;1-2-3-4-9-15-11-7-5-10(6-8-11)12(13)14;1-2-3-4-9-13-11-7-5-10(12)6-8-11;7-5-1-3-6(8)4-2-5;1-2/h14-21,24-25,28-29H,3-13,22-23H2,1-2H3;11-14,16-17H,3-10,15H2,1-2H3;5-8,13-14H,2-4,9H2,1H3;5-8H,2-4,9H2,1H3;1-4,8H;1-2H3. The summed E-state index contributed by atoms with van der Waals surface area (Å²) >= 11 is 6.62. The largest absolute Gasteiger partial charge is 0.508 e. The van der Waals surface area contributed by atoms with E-state index >= 15 is 0 Å². The summed E-state index contributed by atoms with van der Waals surface area (Å²) in [5, 5.41) is 29.0. The zero-order valence-electron chi connectivity index (χ0n) is 58.2. The summed E-state index contributed by atoms with van der Waals surface area (Å²) in [5.74, 6) is 5.83. The molecule has 0 spiro atoms. The van der Waals surface area contributed by atoms with Gasteiger partial charge in [0.15, 0.2) is 0 Å². The first kappa shape index (κ1) is 81.5. The Balaban J connectivity index is 0.000000325. The normalized spacial score (nSPS) is 13.2. The van der Waals surface area contributed by atoms with Crippen LogP contribution in [0.25, 0.3) is 16.3 Å². The van der Waals surface area contributed by atoms with Gasteiger partial charge in [-0.1, -0.05) is 287 Å². The molecular formula is C82H117BBr2O8. The third kappa shape index (κ3) is 38.4. The van der Waals surface area contributed by atoms with Gasteiger partial charge in [-0.15, -0.1) is 0 Å². The van der Waals surface area contributed by atoms with Crippen LogP contribution in [0, 0.1) is 18.8 Å². The van der Waals surface area contributed by atoms with E-state index in [1.807, 2.05) is 38.1 Å². The number of phenols is 1. The van der Waals surface area contributed by atoms with Gasteiger partial charge in [-0.05, 0) is 163 Å². The van der Waals surface area contributed by atoms with Crippen molar-refractivity contribution in [2.24, 2.45) is 11.8 Å². The van der Waals surface area contributed by atoms with Crippen LogP contribution in [-0.2, 0) is 4.74 Å². The molecule has 0 heterocycles. The van der Waals surface area contributed by atoms with Crippen molar-refractivity contribution in [1.82, 2.24) is 0 Å². The average Bonchev–Trinajstić information content (AvgIpc) is 0.931. The Labute approximate surface area is 581 Å². The fourth-order valence-electron chi connectivity index (χ4n) is 10.2. The lowest BCUT2D eigenvalue weighted by atomic mass is 9.80. The highest BCUT2D eigenvalue weighted by Gasteiger charge is 2.22. The predicted molar refractivity (Wildman–Crippen MR) is 406 cm³/mol. The van der Waals surface area contributed by atoms with Gasteiger partial charge in [0, 0.05) is 20.8 Å². The second kappa shape index (κ2) is 53.5. The van der Waals surface area contributed by atoms with Crippen LogP contribution in [0.15, 0.2) is 185 Å². The minimum Gasteiger partial charge on any atom is -0.508 e. The van der Waals surface area contributed by atoms with Crippen molar-refractivity contribution in [3.05, 3.63) is 196 Å². The third-order valence-electron chi connectivity index (χ3n) is 15.7. The Hall–Kier alpha value is -5.72. The van der Waals surface area contributed by atoms with Crippen molar-refractivity contribution >= 4 is 60.8 Å². The Kier molecular flexibility index (Phi) is 46.9. The molecule has 2 aliphatic carbocycles. The molecule has 510 valence electrons. The van der Waals surface area contributed by atoms with Crippen molar-refractivity contribution in [3.63, 3.8) is 0 Å². The highest BCUT2D eigenvalue weighted by atomic mass is 79.9. The molecule has 0 fully saturated rings. The Morgan fingerprint density at radius 1 is 0.376 bits per heavy atom. The van der Waals surface area contributed by atoms with Crippen LogP contribution in [0.2, 0.25) is 0 Å². The van der Waals surface area contributed by atoms with E-state index in [4.69, 9.17) is 38.8 Å². The Bertz CT molecular complexity index is 2880. The van der Waals surface area contributed by atoms with E-state index in [0.717, 1.165) is 96.4 Å². The van der Waals surface area contributed by atoms with E-state index in [2.05, 4.69) is 171 Å². The lowest BCUT2D eigenvalue weighted by Gasteiger charge is -2.25. The monoisotopic (exact) mass is 1400 g/mol. The molecular weight excluding hydrogens is 1280 g/mol. The number of aryl methyl sites for hydroxylation is 1. The lowest BCUT2D eigenvalue weighted by Crippen LogP contribution is -2.29. The van der Waals surface area contributed by atoms with Crippen LogP contribution in [0.5, 0.6) is 28.7 Å². The van der Waals surface area contributed by atoms with Crippen molar-refractivity contribution in [2.75, 3.05) is 33.0 Å². The number of unbranched alkanes of at least 4 members (excludes halogenated alkanes) is 20. The minimum atomic E-state index is -1.40. The number of hydrogen-bond donors (Lipinski definition) is 3. The molecule has 93 heavy (non-hydrogen) atoms. The van der Waals surface area contributed by atoms with Crippen molar-refractivity contribution in [1.29, 1.82) is 0 Å². The van der Waals surface area contributed by atoms with Gasteiger partial charge in [-0.25, -0.2) is 0 Å². The SMILES string of the molecule is CC.CCCCCCCCCCOC1=CC2C=CC(c3ccc(OCCCCC)cc3)=CC2C=C1.CCCCCCCCCCOc1ccc2cc(C)ccc2c1.CCCCCOc1ccc(B(O)O)cc1.CCCCCOc1ccc(Br)cc1.Oc1ccc(Br)cc1. The first-order valence-corrected chi connectivity index (χ1v) is 37.2. The van der Waals surface area contributed by atoms with Crippen LogP contribution in [0.1, 0.15) is 220 Å². The van der Waals surface area contributed by atoms with E-state index in [0.29, 0.717) is 23.0 Å². The predicted octanol–water partition coefficient (Wildman–Crippen LogP) is 23.9. The summed E-state index contributed by atoms with van der Waals surface area (Å²) in [5.41, 5.74) is 4.32. The number of ether oxygens (including phenoxy) is 5. The van der Waals surface area contributed by atoms with Gasteiger partial charge < -0.3 is 38.8 Å². The first-order chi connectivity index (χ1) is 45.4. The summed E-state index contributed by atoms with van der Waals surface area (Å²) in [6.07, 6.45) is 45.7. The molecule has 0 saturated heterocycles. The summed E-state index contributed by atoms with van der Waals surface area (Å²) < 4.78 is 30.9. The van der Waals surface area contributed by atoms with Crippen LogP contribution in [0.3, 0.4) is 0 Å². The van der Waals surface area contributed by atoms with E-state index in [9.17, 15) is 0 Å². The summed E-state index contributed by atoms with van der Waals surface area (Å²) in [6, 6.07) is 43.1. The molecule has 6 aromatic carbocycles. The highest BCUT2D eigenvalue weighted by molar-refractivity contribution is 9.10. The maximum Gasteiger partial charge on any atom is 0.488 e. The molecule has 0 radical (unpaired) electrons. The second-order valence-corrected chi connectivity index (χ2v) is 25.6. The molecule has 0 amide bonds. The number of benzene rings is 6. The zero-order valence-corrected chi connectivity index (χ0v) is 61.4. The molecule has 0 bridgehead atoms. The summed E-state index contributed by atoms with van der Waals surface area (Å²) in [4.78, 5) is 0. The van der Waals surface area contributed by atoms with E-state index < -0.39 is 7.12 Å². The van der Waals surface area contributed by atoms with E-state index in [1.54, 1.807) is 48.5 Å². The van der Waals surface area contributed by atoms with E-state index in [1.165, 1.54) is 162 Å². The van der Waals surface area contributed by atoms with Gasteiger partial charge in [-0.2, -0.15) is 0 Å². The molecule has 8 nitrogen and oxygen atoms in total. The number of phenolic OH excluding ortho intramolecular Hbond substituents is 1. The molecule has 0 aromatic heterocycles. The van der Waals surface area contributed by atoms with Crippen LogP contribution in [0.4, 0.5) is 0 Å². The molecule has 11 heteroatoms. The molecule has 2 atom stereocenters. The molecule has 8 rings (SSSR count). The quantitative estimate of drug-likeness (QED) is 0.0262. The maximum absolute atomic E-state index is 8.88. The van der Waals surface area contributed by atoms with Crippen LogP contribution >= 0.6 is 31.9 Å². The van der Waals surface area contributed by atoms with Crippen molar-refractivity contribution in [2.45, 2.75) is 216 Å². The topological polar surface area (TPSA) is 107 Å². The zero-order chi connectivity index (χ0) is 67.4. The smallest absolute Gasteiger partial charge is 0.488 e. The van der Waals surface area contributed by atoms with Gasteiger partial charge in [0.25, 0.3) is 0 Å². The number of allylic oxidation sites excluding steroid dienone is 7. The molecule has 0 saturated carbocycles. The first-order valence-electron chi connectivity index (χ1n) is 35.7. The third-order valence-corrected chi connectivity index (χ3v) is 16.8. The van der Waals surface area contributed by atoms with E-state index in [-0.39, 0.29) is 0 Å². The van der Waals surface area contributed by atoms with Gasteiger partial charge in [0.05, 0.1) is 33.0 Å². The molecule has 3 N–H and O–H groups in total. The van der Waals surface area contributed by atoms with Gasteiger partial charge >= 0.3 is 7.12 Å². The number of hydrogen-bond acceptors (Lipinski definition) is 8. The van der Waals surface area contributed by atoms with Crippen molar-refractivity contribution in [3.8, 4) is 28.7 Å². The average molecular weight is 1400 g/mol. The number of aromatic hydroxyl groups is 1. The van der Waals surface area contributed by atoms with Crippen molar-refractivity contribution < 1.29 is 38.8 Å². The Morgan fingerprint density at radius 3 is 1.20 bits per heavy atom.